The average Bonchev–Trinajstić information content (AvgIpc) is 2.82. The Morgan fingerprint density at radius 1 is 0.471 bits per heavy atom. The molecule has 0 aromatic carbocycles. The molecule has 200 valence electrons. The number of unbranched alkanes of at least 4 members (excludes halogenated alkanes) is 16. The molecule has 0 saturated carbocycles. The topological polar surface area (TPSA) is 93.1 Å². The van der Waals surface area contributed by atoms with Crippen molar-refractivity contribution in [1.29, 1.82) is 0 Å². The summed E-state index contributed by atoms with van der Waals surface area (Å²) in [5.74, 6) is -0.595. The van der Waals surface area contributed by atoms with Gasteiger partial charge in [-0.1, -0.05) is 89.2 Å². The molecule has 6 heteroatoms. The molecule has 0 radical (unpaired) electrons. The number of ether oxygens (including phenoxy) is 2. The summed E-state index contributed by atoms with van der Waals surface area (Å²) < 4.78 is 10.0. The Bertz CT molecular complexity index is 478. The van der Waals surface area contributed by atoms with E-state index in [1.54, 1.807) is 0 Å². The largest absolute Gasteiger partial charge is 0.466 e. The number of aliphatic hydroxyl groups excluding tert-OH is 2. The highest BCUT2D eigenvalue weighted by Crippen LogP contribution is 2.12. The molecule has 0 bridgehead atoms. The van der Waals surface area contributed by atoms with Crippen LogP contribution in [-0.2, 0) is 19.1 Å². The number of esters is 2. The van der Waals surface area contributed by atoms with E-state index in [0.29, 0.717) is 13.2 Å². The van der Waals surface area contributed by atoms with E-state index in [-0.39, 0.29) is 38.0 Å². The predicted molar refractivity (Wildman–Crippen MR) is 138 cm³/mol. The maximum absolute atomic E-state index is 11.1. The molecule has 6 nitrogen and oxygen atoms in total. The van der Waals surface area contributed by atoms with Gasteiger partial charge in [0, 0.05) is 0 Å². The molecule has 0 saturated heterocycles. The summed E-state index contributed by atoms with van der Waals surface area (Å²) in [6.45, 7) is 0.709. The van der Waals surface area contributed by atoms with Crippen molar-refractivity contribution in [3.8, 4) is 0 Å². The van der Waals surface area contributed by atoms with Crippen molar-refractivity contribution in [2.45, 2.75) is 128 Å². The third kappa shape index (κ3) is 26.8. The molecule has 0 unspecified atom stereocenters. The van der Waals surface area contributed by atoms with Crippen molar-refractivity contribution in [2.75, 3.05) is 26.4 Å². The number of hydrogen-bond acceptors (Lipinski definition) is 6. The lowest BCUT2D eigenvalue weighted by atomic mass is 10.1. The Kier molecular flexibility index (Phi) is 26.7. The minimum Gasteiger partial charge on any atom is -0.466 e. The van der Waals surface area contributed by atoms with Gasteiger partial charge in [-0.2, -0.15) is 0 Å². The number of aliphatic hydroxyl groups is 2. The second-order valence-electron chi connectivity index (χ2n) is 9.09. The average molecular weight is 485 g/mol. The van der Waals surface area contributed by atoms with Crippen LogP contribution in [0.4, 0.5) is 0 Å². The molecule has 2 N–H and O–H groups in total. The zero-order chi connectivity index (χ0) is 25.0. The second-order valence-corrected chi connectivity index (χ2v) is 9.09. The Labute approximate surface area is 208 Å². The first kappa shape index (κ1) is 32.6. The number of carbonyl (C=O) groups excluding carboxylic acids is 2. The molecule has 0 spiro atoms. The lowest BCUT2D eigenvalue weighted by Gasteiger charge is -2.04. The zero-order valence-corrected chi connectivity index (χ0v) is 21.7. The van der Waals surface area contributed by atoms with E-state index in [1.165, 1.54) is 89.9 Å². The van der Waals surface area contributed by atoms with Crippen molar-refractivity contribution in [1.82, 2.24) is 0 Å². The number of allylic oxidation sites excluding steroid dienone is 2. The maximum Gasteiger partial charge on any atom is 0.308 e. The van der Waals surface area contributed by atoms with Crippen LogP contribution < -0.4 is 0 Å². The van der Waals surface area contributed by atoms with E-state index in [1.807, 2.05) is 0 Å². The first-order chi connectivity index (χ1) is 16.7. The fraction of sp³-hybridized carbons (Fsp3) is 0.857. The van der Waals surface area contributed by atoms with Gasteiger partial charge in [0.1, 0.15) is 0 Å². The van der Waals surface area contributed by atoms with Crippen LogP contribution in [0.15, 0.2) is 12.2 Å². The van der Waals surface area contributed by atoms with Gasteiger partial charge >= 0.3 is 11.9 Å². The van der Waals surface area contributed by atoms with Gasteiger partial charge in [0.25, 0.3) is 0 Å². The van der Waals surface area contributed by atoms with Crippen molar-refractivity contribution in [2.24, 2.45) is 0 Å². The molecule has 34 heavy (non-hydrogen) atoms. The number of hydrogen-bond donors (Lipinski definition) is 2. The summed E-state index contributed by atoms with van der Waals surface area (Å²) in [4.78, 5) is 22.2. The molecule has 0 aromatic rings. The van der Waals surface area contributed by atoms with Gasteiger partial charge in [0.05, 0.1) is 39.3 Å². The van der Waals surface area contributed by atoms with Gasteiger partial charge in [-0.05, 0) is 38.5 Å². The fourth-order valence-corrected chi connectivity index (χ4v) is 3.78. The van der Waals surface area contributed by atoms with Crippen LogP contribution in [0.25, 0.3) is 0 Å². The van der Waals surface area contributed by atoms with E-state index in [4.69, 9.17) is 19.7 Å². The molecular formula is C28H52O6. The molecule has 0 rings (SSSR count). The van der Waals surface area contributed by atoms with Crippen molar-refractivity contribution >= 4 is 11.9 Å². The first-order valence-corrected chi connectivity index (χ1v) is 13.9. The Balaban J connectivity index is 3.15. The van der Waals surface area contributed by atoms with E-state index in [9.17, 15) is 9.59 Å². The maximum atomic E-state index is 11.1. The van der Waals surface area contributed by atoms with Crippen LogP contribution in [0.2, 0.25) is 0 Å². The summed E-state index contributed by atoms with van der Waals surface area (Å²) in [5, 5.41) is 17.2. The second kappa shape index (κ2) is 27.8. The van der Waals surface area contributed by atoms with Gasteiger partial charge in [0.15, 0.2) is 0 Å². The monoisotopic (exact) mass is 484 g/mol. The van der Waals surface area contributed by atoms with Crippen LogP contribution in [0, 0.1) is 0 Å². The minimum atomic E-state index is -0.299. The molecule has 0 aliphatic rings. The summed E-state index contributed by atoms with van der Waals surface area (Å²) in [6.07, 6.45) is 26.8. The normalized spacial score (nSPS) is 11.2. The van der Waals surface area contributed by atoms with E-state index < -0.39 is 0 Å². The smallest absolute Gasteiger partial charge is 0.308 e. The van der Waals surface area contributed by atoms with Crippen LogP contribution in [0.5, 0.6) is 0 Å². The van der Waals surface area contributed by atoms with Gasteiger partial charge in [0.2, 0.25) is 0 Å². The summed E-state index contributed by atoms with van der Waals surface area (Å²) in [7, 11) is 0. The minimum absolute atomic E-state index is 0.103. The van der Waals surface area contributed by atoms with Crippen LogP contribution in [-0.4, -0.2) is 48.6 Å². The lowest BCUT2D eigenvalue weighted by molar-refractivity contribution is -0.145. The lowest BCUT2D eigenvalue weighted by Crippen LogP contribution is -2.07. The molecule has 0 amide bonds. The third-order valence-corrected chi connectivity index (χ3v) is 5.85. The molecule has 0 aliphatic carbocycles. The first-order valence-electron chi connectivity index (χ1n) is 13.9. The molecular weight excluding hydrogens is 432 g/mol. The predicted octanol–water partition coefficient (Wildman–Crippen LogP) is 6.42. The van der Waals surface area contributed by atoms with Crippen molar-refractivity contribution in [3.05, 3.63) is 12.2 Å². The summed E-state index contributed by atoms with van der Waals surface area (Å²) in [6, 6.07) is 0. The molecule has 0 aromatic heterocycles. The zero-order valence-electron chi connectivity index (χ0n) is 21.7. The van der Waals surface area contributed by atoms with Crippen LogP contribution in [0.3, 0.4) is 0 Å². The Morgan fingerprint density at radius 2 is 0.765 bits per heavy atom. The summed E-state index contributed by atoms with van der Waals surface area (Å²) >= 11 is 0. The third-order valence-electron chi connectivity index (χ3n) is 5.85. The quantitative estimate of drug-likeness (QED) is 0.0836. The van der Waals surface area contributed by atoms with E-state index in [0.717, 1.165) is 25.7 Å². The van der Waals surface area contributed by atoms with Gasteiger partial charge < -0.3 is 19.7 Å². The van der Waals surface area contributed by atoms with Gasteiger partial charge in [-0.3, -0.25) is 9.59 Å². The van der Waals surface area contributed by atoms with Crippen molar-refractivity contribution in [3.63, 3.8) is 0 Å². The van der Waals surface area contributed by atoms with Crippen LogP contribution in [0.1, 0.15) is 128 Å². The standard InChI is InChI=1S/C28H52O6/c29-23-21-27(31)33-25-19-17-15-13-11-9-7-5-3-1-2-4-6-8-10-12-14-16-18-20-26-34-28(32)22-24-30/h3,5,29-30H,1-2,4,6-26H2/b5-3-. The van der Waals surface area contributed by atoms with E-state index in [2.05, 4.69) is 12.2 Å². The van der Waals surface area contributed by atoms with Crippen LogP contribution >= 0.6 is 0 Å². The number of carbonyl (C=O) groups is 2. The van der Waals surface area contributed by atoms with Crippen molar-refractivity contribution < 1.29 is 29.3 Å². The summed E-state index contributed by atoms with van der Waals surface area (Å²) in [5.41, 5.74) is 0. The Hall–Kier alpha value is -1.40. The van der Waals surface area contributed by atoms with E-state index >= 15 is 0 Å². The fourth-order valence-electron chi connectivity index (χ4n) is 3.78. The highest BCUT2D eigenvalue weighted by Gasteiger charge is 2.01. The molecule has 0 heterocycles. The van der Waals surface area contributed by atoms with Gasteiger partial charge in [-0.25, -0.2) is 0 Å². The highest BCUT2D eigenvalue weighted by atomic mass is 16.5. The molecule has 0 atom stereocenters. The Morgan fingerprint density at radius 3 is 1.09 bits per heavy atom. The SMILES string of the molecule is O=C(CCO)OCCCCCCCC/C=C\CCCCCCCCCCCCOC(=O)CCO. The highest BCUT2D eigenvalue weighted by molar-refractivity contribution is 5.69. The molecule has 0 fully saturated rings. The van der Waals surface area contributed by atoms with Gasteiger partial charge in [-0.15, -0.1) is 0 Å². The number of rotatable bonds is 26. The molecule has 0 aliphatic heterocycles.